The molecule has 0 saturated carbocycles. The van der Waals surface area contributed by atoms with Crippen LogP contribution >= 0.6 is 0 Å². The van der Waals surface area contributed by atoms with Crippen molar-refractivity contribution in [3.8, 4) is 5.75 Å². The van der Waals surface area contributed by atoms with E-state index in [1.54, 1.807) is 0 Å². The van der Waals surface area contributed by atoms with E-state index in [0.717, 1.165) is 0 Å². The van der Waals surface area contributed by atoms with Crippen LogP contribution in [0.2, 0.25) is 0 Å². The van der Waals surface area contributed by atoms with Crippen molar-refractivity contribution in [3.05, 3.63) is 29.1 Å². The van der Waals surface area contributed by atoms with Crippen LogP contribution in [0.4, 0.5) is 22.0 Å². The van der Waals surface area contributed by atoms with E-state index < -0.39 is 34.8 Å². The van der Waals surface area contributed by atoms with Crippen molar-refractivity contribution in [2.45, 2.75) is 32.7 Å². The Morgan fingerprint density at radius 3 is 1.75 bits per heavy atom. The molecule has 0 unspecified atom stereocenters. The largest absolute Gasteiger partial charge is 0.487 e. The molecule has 0 aliphatic rings. The summed E-state index contributed by atoms with van der Waals surface area (Å²) in [6.45, 7) is 6.11. The van der Waals surface area contributed by atoms with Crippen LogP contribution < -0.4 is 10.1 Å². The number of hydrogen-bond donors (Lipinski definition) is 1. The lowest BCUT2D eigenvalue weighted by Gasteiger charge is -2.20. The Morgan fingerprint density at radius 1 is 0.850 bits per heavy atom. The van der Waals surface area contributed by atoms with Gasteiger partial charge in [-0.3, -0.25) is 0 Å². The van der Waals surface area contributed by atoms with Gasteiger partial charge in [0.05, 0.1) is 6.61 Å². The Bertz CT molecular complexity index is 456. The van der Waals surface area contributed by atoms with E-state index >= 15 is 0 Å². The van der Waals surface area contributed by atoms with Crippen molar-refractivity contribution in [1.82, 2.24) is 5.32 Å². The Balaban J connectivity index is 2.66. The summed E-state index contributed by atoms with van der Waals surface area (Å²) in [6, 6.07) is 0. The fourth-order valence-electron chi connectivity index (χ4n) is 1.42. The normalized spacial score (nSPS) is 11.8. The maximum atomic E-state index is 13.2. The van der Waals surface area contributed by atoms with Gasteiger partial charge in [-0.25, -0.2) is 13.2 Å². The predicted octanol–water partition coefficient (Wildman–Crippen LogP) is 3.54. The summed E-state index contributed by atoms with van der Waals surface area (Å²) in [4.78, 5) is 0. The quantitative estimate of drug-likeness (QED) is 0.388. The summed E-state index contributed by atoms with van der Waals surface area (Å²) >= 11 is 0. The molecule has 0 saturated heterocycles. The lowest BCUT2D eigenvalue weighted by Crippen LogP contribution is -2.36. The number of hydrogen-bond acceptors (Lipinski definition) is 2. The van der Waals surface area contributed by atoms with E-state index in [4.69, 9.17) is 0 Å². The second kappa shape index (κ2) is 6.39. The third kappa shape index (κ3) is 4.06. The summed E-state index contributed by atoms with van der Waals surface area (Å²) in [6.07, 6.45) is 0.358. The zero-order valence-electron chi connectivity index (χ0n) is 11.4. The fraction of sp³-hybridized carbons (Fsp3) is 0.538. The van der Waals surface area contributed by atoms with Crippen LogP contribution in [0.5, 0.6) is 5.75 Å². The second-order valence-corrected chi connectivity index (χ2v) is 5.28. The van der Waals surface area contributed by atoms with Gasteiger partial charge in [0.25, 0.3) is 0 Å². The van der Waals surface area contributed by atoms with Crippen molar-refractivity contribution in [1.29, 1.82) is 0 Å². The van der Waals surface area contributed by atoms with Crippen molar-refractivity contribution < 1.29 is 26.7 Å². The van der Waals surface area contributed by atoms with Gasteiger partial charge >= 0.3 is 0 Å². The molecule has 0 atom stereocenters. The highest BCUT2D eigenvalue weighted by atomic mass is 19.2. The number of benzene rings is 1. The second-order valence-electron chi connectivity index (χ2n) is 5.28. The molecule has 0 aliphatic carbocycles. The highest BCUT2D eigenvalue weighted by Gasteiger charge is 2.26. The predicted molar refractivity (Wildman–Crippen MR) is 64.1 cm³/mol. The minimum atomic E-state index is -2.19. The number of halogens is 5. The number of ether oxygens (including phenoxy) is 1. The zero-order valence-corrected chi connectivity index (χ0v) is 11.4. The maximum Gasteiger partial charge on any atom is 0.206 e. The monoisotopic (exact) mass is 297 g/mol. The molecule has 7 heteroatoms. The van der Waals surface area contributed by atoms with Gasteiger partial charge in [-0.15, -0.1) is 0 Å². The molecule has 0 aliphatic heterocycles. The smallest absolute Gasteiger partial charge is 0.206 e. The van der Waals surface area contributed by atoms with Crippen LogP contribution in [0.25, 0.3) is 0 Å². The molecule has 20 heavy (non-hydrogen) atoms. The van der Waals surface area contributed by atoms with Crippen molar-refractivity contribution in [2.75, 3.05) is 13.2 Å². The summed E-state index contributed by atoms with van der Waals surface area (Å²) < 4.78 is 69.7. The molecule has 0 amide bonds. The molecule has 0 fully saturated rings. The molecule has 0 spiro atoms. The Hall–Kier alpha value is -1.37. The van der Waals surface area contributed by atoms with E-state index in [-0.39, 0.29) is 12.1 Å². The Kier molecular flexibility index (Phi) is 5.33. The molecule has 114 valence electrons. The topological polar surface area (TPSA) is 21.3 Å². The molecule has 1 aromatic rings. The number of nitrogens with one attached hydrogen (secondary N) is 1. The van der Waals surface area contributed by atoms with E-state index in [2.05, 4.69) is 10.1 Å². The summed E-state index contributed by atoms with van der Waals surface area (Å²) in [5, 5.41) is 3.09. The van der Waals surface area contributed by atoms with Crippen molar-refractivity contribution in [3.63, 3.8) is 0 Å². The highest BCUT2D eigenvalue weighted by Crippen LogP contribution is 2.29. The Morgan fingerprint density at radius 2 is 1.30 bits per heavy atom. The van der Waals surface area contributed by atoms with E-state index in [1.807, 2.05) is 20.8 Å². The van der Waals surface area contributed by atoms with Gasteiger partial charge in [-0.2, -0.15) is 8.78 Å². The van der Waals surface area contributed by atoms with Crippen LogP contribution in [-0.2, 0) is 0 Å². The first-order chi connectivity index (χ1) is 9.15. The average Bonchev–Trinajstić information content (AvgIpc) is 2.36. The van der Waals surface area contributed by atoms with Crippen LogP contribution in [0.15, 0.2) is 0 Å². The summed E-state index contributed by atoms with van der Waals surface area (Å²) in [7, 11) is 0. The van der Waals surface area contributed by atoms with Crippen molar-refractivity contribution in [2.24, 2.45) is 0 Å². The molecule has 0 bridgehead atoms. The third-order valence-corrected chi connectivity index (χ3v) is 2.39. The number of rotatable bonds is 5. The molecule has 1 rings (SSSR count). The highest BCUT2D eigenvalue weighted by molar-refractivity contribution is 5.29. The van der Waals surface area contributed by atoms with Gasteiger partial charge in [-0.1, -0.05) is 0 Å². The van der Waals surface area contributed by atoms with Gasteiger partial charge in [0.2, 0.25) is 29.1 Å². The van der Waals surface area contributed by atoms with Gasteiger partial charge in [0.15, 0.2) is 5.75 Å². The first-order valence-corrected chi connectivity index (χ1v) is 6.04. The minimum absolute atomic E-state index is 0.134. The first-order valence-electron chi connectivity index (χ1n) is 6.04. The summed E-state index contributed by atoms with van der Waals surface area (Å²) in [5.41, 5.74) is -0.134. The maximum absolute atomic E-state index is 13.2. The standard InChI is InChI=1S/C13H16F5NO/c1-13(2,3)19-5-4-6-20-12-10(17)8(15)7(14)9(16)11(12)18/h19H,4-6H2,1-3H3. The van der Waals surface area contributed by atoms with Gasteiger partial charge in [-0.05, 0) is 33.7 Å². The van der Waals surface area contributed by atoms with Crippen LogP contribution in [0.1, 0.15) is 27.2 Å². The lowest BCUT2D eigenvalue weighted by molar-refractivity contribution is 0.253. The van der Waals surface area contributed by atoms with Crippen LogP contribution in [0.3, 0.4) is 0 Å². The molecule has 0 heterocycles. The molecule has 1 aromatic carbocycles. The van der Waals surface area contributed by atoms with Gasteiger partial charge in [0, 0.05) is 5.54 Å². The molecular weight excluding hydrogens is 281 g/mol. The fourth-order valence-corrected chi connectivity index (χ4v) is 1.42. The van der Waals surface area contributed by atoms with E-state index in [0.29, 0.717) is 13.0 Å². The van der Waals surface area contributed by atoms with Crippen molar-refractivity contribution >= 4 is 0 Å². The van der Waals surface area contributed by atoms with Crippen LogP contribution in [-0.4, -0.2) is 18.7 Å². The van der Waals surface area contributed by atoms with Crippen LogP contribution in [0, 0.1) is 29.1 Å². The summed E-state index contributed by atoms with van der Waals surface area (Å²) in [5.74, 6) is -11.4. The first kappa shape index (κ1) is 16.7. The molecule has 1 N–H and O–H groups in total. The van der Waals surface area contributed by atoms with E-state index in [9.17, 15) is 22.0 Å². The van der Waals surface area contributed by atoms with Gasteiger partial charge in [0.1, 0.15) is 0 Å². The van der Waals surface area contributed by atoms with Gasteiger partial charge < -0.3 is 10.1 Å². The molecular formula is C13H16F5NO. The molecule has 0 radical (unpaired) electrons. The minimum Gasteiger partial charge on any atom is -0.487 e. The Labute approximate surface area is 113 Å². The third-order valence-electron chi connectivity index (χ3n) is 2.39. The molecule has 2 nitrogen and oxygen atoms in total. The van der Waals surface area contributed by atoms with E-state index in [1.165, 1.54) is 0 Å². The average molecular weight is 297 g/mol. The lowest BCUT2D eigenvalue weighted by atomic mass is 10.1. The zero-order chi connectivity index (χ0) is 15.5. The SMILES string of the molecule is CC(C)(C)NCCCOc1c(F)c(F)c(F)c(F)c1F. The molecule has 0 aromatic heterocycles.